The fraction of sp³-hybridized carbons (Fsp3) is 0.0909. The van der Waals surface area contributed by atoms with Gasteiger partial charge in [-0.3, -0.25) is 14.9 Å². The van der Waals surface area contributed by atoms with Crippen LogP contribution in [0.4, 0.5) is 4.79 Å². The van der Waals surface area contributed by atoms with Crippen molar-refractivity contribution in [1.82, 2.24) is 10.3 Å². The van der Waals surface area contributed by atoms with E-state index in [-0.39, 0.29) is 0 Å². The number of oxazole rings is 1. The van der Waals surface area contributed by atoms with Crippen LogP contribution < -0.4 is 5.32 Å². The summed E-state index contributed by atoms with van der Waals surface area (Å²) in [5.74, 6) is -0.475. The summed E-state index contributed by atoms with van der Waals surface area (Å²) in [6.45, 7) is 1.72. The number of carbonyl (C=O) groups excluding carboxylic acids is 3. The Morgan fingerprint density at radius 1 is 1.13 bits per heavy atom. The summed E-state index contributed by atoms with van der Waals surface area (Å²) in [6, 6.07) is 16.0. The maximum atomic E-state index is 12.4. The zero-order valence-corrected chi connectivity index (χ0v) is 16.6. The molecule has 1 fully saturated rings. The van der Waals surface area contributed by atoms with E-state index in [1.807, 2.05) is 30.3 Å². The molecule has 1 aromatic heterocycles. The van der Waals surface area contributed by atoms with Gasteiger partial charge >= 0.3 is 5.97 Å². The number of thioether (sulfide) groups is 1. The SMILES string of the molecule is CC(OC(=O)c1ccc(/C=C2\SC(=O)NC2=O)cc1)c1coc(-c2ccccc2)n1. The van der Waals surface area contributed by atoms with Crippen LogP contribution in [0.15, 0.2) is 70.2 Å². The molecule has 1 N–H and O–H groups in total. The molecule has 4 rings (SSSR count). The van der Waals surface area contributed by atoms with Crippen molar-refractivity contribution in [2.75, 3.05) is 0 Å². The van der Waals surface area contributed by atoms with E-state index in [1.165, 1.54) is 6.26 Å². The molecular formula is C22H16N2O5S. The van der Waals surface area contributed by atoms with Gasteiger partial charge in [-0.15, -0.1) is 0 Å². The van der Waals surface area contributed by atoms with Crippen molar-refractivity contribution in [2.24, 2.45) is 0 Å². The number of hydrogen-bond acceptors (Lipinski definition) is 7. The van der Waals surface area contributed by atoms with Crippen molar-refractivity contribution in [3.05, 3.63) is 82.6 Å². The number of nitrogens with one attached hydrogen (secondary N) is 1. The monoisotopic (exact) mass is 420 g/mol. The van der Waals surface area contributed by atoms with Crippen LogP contribution in [0.2, 0.25) is 0 Å². The lowest BCUT2D eigenvalue weighted by Gasteiger charge is -2.10. The predicted octanol–water partition coefficient (Wildman–Crippen LogP) is 4.58. The summed E-state index contributed by atoms with van der Waals surface area (Å²) < 4.78 is 11.0. The third kappa shape index (κ3) is 4.33. The van der Waals surface area contributed by atoms with Crippen molar-refractivity contribution in [3.8, 4) is 11.5 Å². The van der Waals surface area contributed by atoms with Crippen molar-refractivity contribution >= 4 is 35.0 Å². The highest BCUT2D eigenvalue weighted by atomic mass is 32.2. The van der Waals surface area contributed by atoms with Crippen LogP contribution >= 0.6 is 11.8 Å². The molecule has 0 radical (unpaired) electrons. The third-order valence-electron chi connectivity index (χ3n) is 4.33. The Morgan fingerprint density at radius 2 is 1.87 bits per heavy atom. The highest BCUT2D eigenvalue weighted by molar-refractivity contribution is 8.18. The van der Waals surface area contributed by atoms with Crippen LogP contribution in [0, 0.1) is 0 Å². The Balaban J connectivity index is 1.41. The van der Waals surface area contributed by atoms with E-state index in [0.717, 1.165) is 17.3 Å². The van der Waals surface area contributed by atoms with Crippen LogP contribution in [-0.2, 0) is 9.53 Å². The number of aromatic nitrogens is 1. The van der Waals surface area contributed by atoms with Crippen molar-refractivity contribution < 1.29 is 23.5 Å². The Bertz CT molecular complexity index is 1140. The number of ether oxygens (including phenoxy) is 1. The molecule has 7 nitrogen and oxygen atoms in total. The normalized spacial score (nSPS) is 15.8. The minimum absolute atomic E-state index is 0.309. The molecule has 0 bridgehead atoms. The standard InChI is InChI=1S/C22H16N2O5S/c1-13(17-12-28-20(23-17)15-5-3-2-4-6-15)29-21(26)16-9-7-14(8-10-16)11-18-19(25)24-22(27)30-18/h2-13H,1H3,(H,24,25,27)/b18-11-. The number of amides is 2. The lowest BCUT2D eigenvalue weighted by Crippen LogP contribution is -2.17. The second-order valence-electron chi connectivity index (χ2n) is 6.47. The van der Waals surface area contributed by atoms with Crippen molar-refractivity contribution in [1.29, 1.82) is 0 Å². The van der Waals surface area contributed by atoms with Gasteiger partial charge in [0.1, 0.15) is 18.1 Å². The number of imide groups is 1. The lowest BCUT2D eigenvalue weighted by molar-refractivity contribution is -0.115. The van der Waals surface area contributed by atoms with Gasteiger partial charge in [0.15, 0.2) is 0 Å². The van der Waals surface area contributed by atoms with E-state index in [9.17, 15) is 14.4 Å². The highest BCUT2D eigenvalue weighted by Crippen LogP contribution is 2.26. The van der Waals surface area contributed by atoms with Gasteiger partial charge in [-0.05, 0) is 54.6 Å². The van der Waals surface area contributed by atoms with Crippen LogP contribution in [0.3, 0.4) is 0 Å². The van der Waals surface area contributed by atoms with E-state index in [2.05, 4.69) is 10.3 Å². The maximum absolute atomic E-state index is 12.4. The molecule has 8 heteroatoms. The molecule has 1 unspecified atom stereocenters. The third-order valence-corrected chi connectivity index (χ3v) is 5.14. The fourth-order valence-electron chi connectivity index (χ4n) is 2.76. The fourth-order valence-corrected chi connectivity index (χ4v) is 3.45. The number of rotatable bonds is 5. The summed E-state index contributed by atoms with van der Waals surface area (Å²) in [7, 11) is 0. The summed E-state index contributed by atoms with van der Waals surface area (Å²) in [6.07, 6.45) is 2.47. The van der Waals surface area contributed by atoms with Gasteiger partial charge in [-0.1, -0.05) is 30.3 Å². The van der Waals surface area contributed by atoms with E-state index >= 15 is 0 Å². The van der Waals surface area contributed by atoms with Gasteiger partial charge < -0.3 is 9.15 Å². The zero-order chi connectivity index (χ0) is 21.1. The van der Waals surface area contributed by atoms with Crippen LogP contribution in [0.25, 0.3) is 17.5 Å². The number of nitrogens with zero attached hydrogens (tertiary/aromatic N) is 1. The Morgan fingerprint density at radius 3 is 2.53 bits per heavy atom. The molecule has 2 aromatic carbocycles. The van der Waals surface area contributed by atoms with Gasteiger partial charge in [0.25, 0.3) is 11.1 Å². The summed E-state index contributed by atoms with van der Waals surface area (Å²) >= 11 is 0.839. The molecule has 1 aliphatic heterocycles. The average Bonchev–Trinajstić information content (AvgIpc) is 3.36. The summed E-state index contributed by atoms with van der Waals surface area (Å²) in [4.78, 5) is 40.0. The molecule has 30 heavy (non-hydrogen) atoms. The molecule has 150 valence electrons. The summed E-state index contributed by atoms with van der Waals surface area (Å²) in [5.41, 5.74) is 2.40. The number of benzene rings is 2. The lowest BCUT2D eigenvalue weighted by atomic mass is 10.1. The second-order valence-corrected chi connectivity index (χ2v) is 7.48. The quantitative estimate of drug-likeness (QED) is 0.476. The first-order chi connectivity index (χ1) is 14.5. The molecule has 0 saturated carbocycles. The largest absolute Gasteiger partial charge is 0.452 e. The van der Waals surface area contributed by atoms with E-state index in [0.29, 0.717) is 27.6 Å². The Labute approximate surface area is 176 Å². The van der Waals surface area contributed by atoms with Crippen LogP contribution in [0.1, 0.15) is 34.6 Å². The smallest absolute Gasteiger partial charge is 0.338 e. The van der Waals surface area contributed by atoms with E-state index < -0.39 is 23.2 Å². The maximum Gasteiger partial charge on any atom is 0.338 e. The Kier molecular flexibility index (Phi) is 5.49. The minimum Gasteiger partial charge on any atom is -0.452 e. The summed E-state index contributed by atoms with van der Waals surface area (Å²) in [5, 5.41) is 1.80. The van der Waals surface area contributed by atoms with Crippen molar-refractivity contribution in [2.45, 2.75) is 13.0 Å². The van der Waals surface area contributed by atoms with E-state index in [1.54, 1.807) is 37.3 Å². The number of hydrogen-bond donors (Lipinski definition) is 1. The number of esters is 1. The van der Waals surface area contributed by atoms with Crippen molar-refractivity contribution in [3.63, 3.8) is 0 Å². The first kappa shape index (κ1) is 19.7. The molecule has 1 saturated heterocycles. The first-order valence-electron chi connectivity index (χ1n) is 9.06. The van der Waals surface area contributed by atoms with Gasteiger partial charge in [0.2, 0.25) is 5.89 Å². The highest BCUT2D eigenvalue weighted by Gasteiger charge is 2.25. The molecular weight excluding hydrogens is 404 g/mol. The first-order valence-corrected chi connectivity index (χ1v) is 9.88. The average molecular weight is 420 g/mol. The van der Waals surface area contributed by atoms with Crippen LogP contribution in [-0.4, -0.2) is 22.1 Å². The topological polar surface area (TPSA) is 98.5 Å². The molecule has 3 aromatic rings. The minimum atomic E-state index is -0.592. The predicted molar refractivity (Wildman–Crippen MR) is 111 cm³/mol. The van der Waals surface area contributed by atoms with Gasteiger partial charge in [-0.2, -0.15) is 0 Å². The molecule has 2 amide bonds. The van der Waals surface area contributed by atoms with E-state index in [4.69, 9.17) is 9.15 Å². The molecule has 0 aliphatic carbocycles. The molecule has 1 aliphatic rings. The molecule has 1 atom stereocenters. The Hall–Kier alpha value is -3.65. The van der Waals surface area contributed by atoms with Gasteiger partial charge in [0, 0.05) is 5.56 Å². The van der Waals surface area contributed by atoms with Crippen LogP contribution in [0.5, 0.6) is 0 Å². The zero-order valence-electron chi connectivity index (χ0n) is 15.8. The second kappa shape index (κ2) is 8.38. The molecule has 2 heterocycles. The number of carbonyl (C=O) groups is 3. The van der Waals surface area contributed by atoms with Gasteiger partial charge in [0.05, 0.1) is 10.5 Å². The van der Waals surface area contributed by atoms with Gasteiger partial charge in [-0.25, -0.2) is 9.78 Å². The molecule has 0 spiro atoms.